The minimum absolute atomic E-state index is 0.385. The van der Waals surface area contributed by atoms with Crippen LogP contribution in [0.3, 0.4) is 0 Å². The number of carbonyl (C=O) groups excluding carboxylic acids is 1. The molecule has 2 saturated carbocycles. The Morgan fingerprint density at radius 2 is 1.76 bits per heavy atom. The van der Waals surface area contributed by atoms with Crippen molar-refractivity contribution < 1.29 is 4.79 Å². The Balaban J connectivity index is 1.88. The molecule has 0 aromatic carbocycles. The topological polar surface area (TPSA) is 17.1 Å². The molecule has 1 heteroatoms. The fourth-order valence-corrected chi connectivity index (χ4v) is 4.18. The summed E-state index contributed by atoms with van der Waals surface area (Å²) in [6.07, 6.45) is 11.9. The second-order valence-electron chi connectivity index (χ2n) is 6.74. The van der Waals surface area contributed by atoms with Gasteiger partial charge in [-0.1, -0.05) is 33.1 Å². The van der Waals surface area contributed by atoms with Crippen LogP contribution in [0.25, 0.3) is 0 Å². The standard InChI is InChI=1S/C16H28O/c1-12-7-8-14(13(2)9-12)10-15-5-3-4-6-16(15)11-17/h11-16H,3-10H2,1-2H3. The van der Waals surface area contributed by atoms with Crippen LogP contribution in [0.5, 0.6) is 0 Å². The van der Waals surface area contributed by atoms with Gasteiger partial charge in [0.25, 0.3) is 0 Å². The zero-order chi connectivity index (χ0) is 12.3. The predicted molar refractivity (Wildman–Crippen MR) is 71.8 cm³/mol. The van der Waals surface area contributed by atoms with Gasteiger partial charge in [0.1, 0.15) is 6.29 Å². The summed E-state index contributed by atoms with van der Waals surface area (Å²) in [4.78, 5) is 11.1. The first-order valence-electron chi connectivity index (χ1n) is 7.66. The SMILES string of the molecule is CC1CCC(CC2CCCCC2C=O)C(C)C1. The quantitative estimate of drug-likeness (QED) is 0.661. The second-order valence-corrected chi connectivity index (χ2v) is 6.74. The fourth-order valence-electron chi connectivity index (χ4n) is 4.18. The Morgan fingerprint density at radius 3 is 2.47 bits per heavy atom. The van der Waals surface area contributed by atoms with E-state index in [9.17, 15) is 4.79 Å². The lowest BCUT2D eigenvalue weighted by Gasteiger charge is -2.37. The van der Waals surface area contributed by atoms with Crippen LogP contribution in [0.15, 0.2) is 0 Å². The highest BCUT2D eigenvalue weighted by atomic mass is 16.1. The zero-order valence-electron chi connectivity index (χ0n) is 11.5. The van der Waals surface area contributed by atoms with E-state index in [1.54, 1.807) is 0 Å². The highest BCUT2D eigenvalue weighted by molar-refractivity contribution is 5.54. The molecular weight excluding hydrogens is 208 g/mol. The average molecular weight is 236 g/mol. The van der Waals surface area contributed by atoms with E-state index in [2.05, 4.69) is 13.8 Å². The first-order chi connectivity index (χ1) is 8.20. The maximum atomic E-state index is 11.1. The predicted octanol–water partition coefficient (Wildman–Crippen LogP) is 4.45. The van der Waals surface area contributed by atoms with Gasteiger partial charge in [-0.15, -0.1) is 0 Å². The third-order valence-corrected chi connectivity index (χ3v) is 5.36. The molecule has 98 valence electrons. The van der Waals surface area contributed by atoms with Gasteiger partial charge in [-0.25, -0.2) is 0 Å². The van der Waals surface area contributed by atoms with Crippen molar-refractivity contribution in [1.82, 2.24) is 0 Å². The van der Waals surface area contributed by atoms with E-state index >= 15 is 0 Å². The van der Waals surface area contributed by atoms with Gasteiger partial charge >= 0.3 is 0 Å². The molecule has 0 aliphatic heterocycles. The molecule has 0 aromatic rings. The molecule has 2 rings (SSSR count). The molecule has 5 unspecified atom stereocenters. The van der Waals surface area contributed by atoms with Crippen molar-refractivity contribution in [3.05, 3.63) is 0 Å². The van der Waals surface area contributed by atoms with Gasteiger partial charge in [-0.05, 0) is 55.8 Å². The molecule has 0 bridgehead atoms. The van der Waals surface area contributed by atoms with Gasteiger partial charge in [0.15, 0.2) is 0 Å². The van der Waals surface area contributed by atoms with E-state index in [1.807, 2.05) is 0 Å². The van der Waals surface area contributed by atoms with Gasteiger partial charge in [-0.3, -0.25) is 0 Å². The number of rotatable bonds is 3. The minimum atomic E-state index is 0.385. The summed E-state index contributed by atoms with van der Waals surface area (Å²) < 4.78 is 0. The molecule has 2 aliphatic rings. The molecule has 17 heavy (non-hydrogen) atoms. The highest BCUT2D eigenvalue weighted by Crippen LogP contribution is 2.41. The highest BCUT2D eigenvalue weighted by Gasteiger charge is 2.31. The molecule has 2 fully saturated rings. The van der Waals surface area contributed by atoms with Crippen molar-refractivity contribution >= 4 is 6.29 Å². The van der Waals surface area contributed by atoms with E-state index < -0.39 is 0 Å². The van der Waals surface area contributed by atoms with E-state index in [4.69, 9.17) is 0 Å². The molecule has 1 nitrogen and oxygen atoms in total. The lowest BCUT2D eigenvalue weighted by Crippen LogP contribution is -2.28. The van der Waals surface area contributed by atoms with E-state index in [-0.39, 0.29) is 0 Å². The summed E-state index contributed by atoms with van der Waals surface area (Å²) in [6, 6.07) is 0. The van der Waals surface area contributed by atoms with Crippen molar-refractivity contribution in [2.75, 3.05) is 0 Å². The first kappa shape index (κ1) is 13.1. The minimum Gasteiger partial charge on any atom is -0.303 e. The molecule has 0 N–H and O–H groups in total. The van der Waals surface area contributed by atoms with Gasteiger partial charge < -0.3 is 4.79 Å². The van der Waals surface area contributed by atoms with Crippen molar-refractivity contribution in [3.8, 4) is 0 Å². The third kappa shape index (κ3) is 3.33. The molecular formula is C16H28O. The molecule has 0 heterocycles. The number of hydrogen-bond acceptors (Lipinski definition) is 1. The van der Waals surface area contributed by atoms with Crippen LogP contribution in [0.4, 0.5) is 0 Å². The van der Waals surface area contributed by atoms with Crippen LogP contribution in [-0.2, 0) is 4.79 Å². The van der Waals surface area contributed by atoms with Gasteiger partial charge in [0.2, 0.25) is 0 Å². The molecule has 5 atom stereocenters. The largest absolute Gasteiger partial charge is 0.303 e. The first-order valence-corrected chi connectivity index (χ1v) is 7.66. The van der Waals surface area contributed by atoms with Crippen LogP contribution in [0.2, 0.25) is 0 Å². The Kier molecular flexibility index (Phi) is 4.64. The maximum Gasteiger partial charge on any atom is 0.123 e. The second kappa shape index (κ2) is 6.02. The van der Waals surface area contributed by atoms with E-state index in [1.165, 1.54) is 51.2 Å². The van der Waals surface area contributed by atoms with E-state index in [0.29, 0.717) is 11.8 Å². The molecule has 0 saturated heterocycles. The van der Waals surface area contributed by atoms with Crippen LogP contribution >= 0.6 is 0 Å². The normalized spacial score (nSPS) is 43.3. The summed E-state index contributed by atoms with van der Waals surface area (Å²) in [5.74, 6) is 3.80. The summed E-state index contributed by atoms with van der Waals surface area (Å²) in [5.41, 5.74) is 0. The van der Waals surface area contributed by atoms with Gasteiger partial charge in [-0.2, -0.15) is 0 Å². The van der Waals surface area contributed by atoms with Crippen molar-refractivity contribution in [2.45, 2.75) is 65.2 Å². The Labute approximate surface area is 106 Å². The van der Waals surface area contributed by atoms with Crippen molar-refractivity contribution in [2.24, 2.45) is 29.6 Å². The van der Waals surface area contributed by atoms with Crippen LogP contribution in [0, 0.1) is 29.6 Å². The fraction of sp³-hybridized carbons (Fsp3) is 0.938. The monoisotopic (exact) mass is 236 g/mol. The number of carbonyl (C=O) groups is 1. The average Bonchev–Trinajstić information content (AvgIpc) is 2.33. The third-order valence-electron chi connectivity index (χ3n) is 5.36. The van der Waals surface area contributed by atoms with E-state index in [0.717, 1.165) is 24.2 Å². The van der Waals surface area contributed by atoms with Crippen LogP contribution in [0.1, 0.15) is 65.2 Å². The summed E-state index contributed by atoms with van der Waals surface area (Å²) in [5, 5.41) is 0. The number of hydrogen-bond donors (Lipinski definition) is 0. The van der Waals surface area contributed by atoms with Crippen molar-refractivity contribution in [3.63, 3.8) is 0 Å². The summed E-state index contributed by atoms with van der Waals surface area (Å²) in [6.45, 7) is 4.82. The lowest BCUT2D eigenvalue weighted by molar-refractivity contribution is -0.113. The molecule has 0 radical (unpaired) electrons. The Morgan fingerprint density at radius 1 is 1.00 bits per heavy atom. The molecule has 0 aromatic heterocycles. The summed E-state index contributed by atoms with van der Waals surface area (Å²) in [7, 11) is 0. The molecule has 0 amide bonds. The lowest BCUT2D eigenvalue weighted by atomic mass is 9.68. The number of aldehydes is 1. The van der Waals surface area contributed by atoms with Crippen molar-refractivity contribution in [1.29, 1.82) is 0 Å². The Hall–Kier alpha value is -0.330. The molecule has 0 spiro atoms. The smallest absolute Gasteiger partial charge is 0.123 e. The van der Waals surface area contributed by atoms with Crippen LogP contribution in [-0.4, -0.2) is 6.29 Å². The molecule has 2 aliphatic carbocycles. The van der Waals surface area contributed by atoms with Gasteiger partial charge in [0, 0.05) is 5.92 Å². The Bertz CT molecular complexity index is 248. The maximum absolute atomic E-state index is 11.1. The van der Waals surface area contributed by atoms with Crippen LogP contribution < -0.4 is 0 Å². The zero-order valence-corrected chi connectivity index (χ0v) is 11.5. The van der Waals surface area contributed by atoms with Gasteiger partial charge in [0.05, 0.1) is 0 Å². The summed E-state index contributed by atoms with van der Waals surface area (Å²) >= 11 is 0.